The topological polar surface area (TPSA) is 54.9 Å². The SMILES string of the molecule is CN=C(NCC1CCCO1)NC(C)COC.I. The van der Waals surface area contributed by atoms with Gasteiger partial charge in [-0.3, -0.25) is 4.99 Å². The fourth-order valence-electron chi connectivity index (χ4n) is 1.74. The predicted molar refractivity (Wildman–Crippen MR) is 80.2 cm³/mol. The van der Waals surface area contributed by atoms with Crippen molar-refractivity contribution in [2.75, 3.05) is 33.9 Å². The molecule has 0 radical (unpaired) electrons. The number of methoxy groups -OCH3 is 1. The highest BCUT2D eigenvalue weighted by Crippen LogP contribution is 2.10. The maximum atomic E-state index is 5.53. The van der Waals surface area contributed by atoms with Crippen molar-refractivity contribution >= 4 is 29.9 Å². The van der Waals surface area contributed by atoms with Gasteiger partial charge in [-0.05, 0) is 19.8 Å². The Morgan fingerprint density at radius 3 is 2.88 bits per heavy atom. The summed E-state index contributed by atoms with van der Waals surface area (Å²) >= 11 is 0. The second-order valence-corrected chi connectivity index (χ2v) is 4.09. The van der Waals surface area contributed by atoms with Crippen molar-refractivity contribution in [2.45, 2.75) is 31.9 Å². The number of aliphatic imine (C=N–C) groups is 1. The molecule has 102 valence electrons. The molecule has 0 saturated carbocycles. The highest BCUT2D eigenvalue weighted by molar-refractivity contribution is 14.0. The number of hydrogen-bond donors (Lipinski definition) is 2. The molecule has 2 atom stereocenters. The van der Waals surface area contributed by atoms with E-state index in [0.717, 1.165) is 25.5 Å². The molecular weight excluding hydrogens is 333 g/mol. The Labute approximate surface area is 121 Å². The third-order valence-corrected chi connectivity index (χ3v) is 2.54. The maximum absolute atomic E-state index is 5.53. The summed E-state index contributed by atoms with van der Waals surface area (Å²) in [4.78, 5) is 4.15. The lowest BCUT2D eigenvalue weighted by Crippen LogP contribution is -2.46. The van der Waals surface area contributed by atoms with E-state index in [1.165, 1.54) is 6.42 Å². The Bertz CT molecular complexity index is 221. The Morgan fingerprint density at radius 2 is 2.35 bits per heavy atom. The molecular formula is C11H24IN3O2. The van der Waals surface area contributed by atoms with Gasteiger partial charge in [0.05, 0.1) is 12.7 Å². The van der Waals surface area contributed by atoms with E-state index in [1.54, 1.807) is 14.2 Å². The first kappa shape index (κ1) is 16.9. The number of ether oxygens (including phenoxy) is 2. The highest BCUT2D eigenvalue weighted by atomic mass is 127. The summed E-state index contributed by atoms with van der Waals surface area (Å²) in [6, 6.07) is 0.251. The van der Waals surface area contributed by atoms with E-state index in [-0.39, 0.29) is 30.0 Å². The third kappa shape index (κ3) is 7.05. The molecule has 1 aliphatic heterocycles. The van der Waals surface area contributed by atoms with Gasteiger partial charge in [0.2, 0.25) is 0 Å². The molecule has 5 nitrogen and oxygen atoms in total. The first-order valence-corrected chi connectivity index (χ1v) is 5.84. The fraction of sp³-hybridized carbons (Fsp3) is 0.909. The van der Waals surface area contributed by atoms with Crippen molar-refractivity contribution in [3.8, 4) is 0 Å². The molecule has 0 bridgehead atoms. The molecule has 6 heteroatoms. The van der Waals surface area contributed by atoms with Crippen molar-refractivity contribution in [3.63, 3.8) is 0 Å². The van der Waals surface area contributed by atoms with E-state index < -0.39 is 0 Å². The Morgan fingerprint density at radius 1 is 1.59 bits per heavy atom. The van der Waals surface area contributed by atoms with Crippen LogP contribution in [0.3, 0.4) is 0 Å². The van der Waals surface area contributed by atoms with Crippen LogP contribution in [0.4, 0.5) is 0 Å². The Kier molecular flexibility index (Phi) is 9.85. The lowest BCUT2D eigenvalue weighted by molar-refractivity contribution is 0.113. The Balaban J connectivity index is 0.00000256. The normalized spacial score (nSPS) is 21.8. The summed E-state index contributed by atoms with van der Waals surface area (Å²) in [5.74, 6) is 0.806. The number of guanidine groups is 1. The largest absolute Gasteiger partial charge is 0.383 e. The molecule has 1 saturated heterocycles. The van der Waals surface area contributed by atoms with E-state index in [4.69, 9.17) is 9.47 Å². The molecule has 1 fully saturated rings. The van der Waals surface area contributed by atoms with Gasteiger partial charge in [0, 0.05) is 33.4 Å². The van der Waals surface area contributed by atoms with E-state index >= 15 is 0 Å². The number of nitrogens with zero attached hydrogens (tertiary/aromatic N) is 1. The van der Waals surface area contributed by atoms with Crippen molar-refractivity contribution in [3.05, 3.63) is 0 Å². The van der Waals surface area contributed by atoms with Crippen LogP contribution >= 0.6 is 24.0 Å². The third-order valence-electron chi connectivity index (χ3n) is 2.54. The van der Waals surface area contributed by atoms with E-state index in [1.807, 2.05) is 0 Å². The highest BCUT2D eigenvalue weighted by Gasteiger charge is 2.15. The van der Waals surface area contributed by atoms with Crippen LogP contribution in [0, 0.1) is 0 Å². The van der Waals surface area contributed by atoms with Gasteiger partial charge in [-0.2, -0.15) is 0 Å². The minimum absolute atomic E-state index is 0. The van der Waals surface area contributed by atoms with Crippen LogP contribution in [0.1, 0.15) is 19.8 Å². The monoisotopic (exact) mass is 357 g/mol. The van der Waals surface area contributed by atoms with Gasteiger partial charge >= 0.3 is 0 Å². The van der Waals surface area contributed by atoms with E-state index in [2.05, 4.69) is 22.5 Å². The van der Waals surface area contributed by atoms with Gasteiger partial charge in [-0.25, -0.2) is 0 Å². The van der Waals surface area contributed by atoms with Crippen molar-refractivity contribution in [1.29, 1.82) is 0 Å². The molecule has 0 aromatic heterocycles. The van der Waals surface area contributed by atoms with Crippen LogP contribution in [0.15, 0.2) is 4.99 Å². The first-order chi connectivity index (χ1) is 7.76. The van der Waals surface area contributed by atoms with Crippen LogP contribution in [0.5, 0.6) is 0 Å². The zero-order valence-electron chi connectivity index (χ0n) is 10.9. The molecule has 2 N–H and O–H groups in total. The van der Waals surface area contributed by atoms with Gasteiger partial charge in [0.25, 0.3) is 0 Å². The lowest BCUT2D eigenvalue weighted by atomic mass is 10.2. The van der Waals surface area contributed by atoms with Crippen molar-refractivity contribution in [2.24, 2.45) is 4.99 Å². The first-order valence-electron chi connectivity index (χ1n) is 5.84. The quantitative estimate of drug-likeness (QED) is 0.438. The van der Waals surface area contributed by atoms with Gasteiger partial charge in [-0.1, -0.05) is 0 Å². The van der Waals surface area contributed by atoms with Crippen molar-refractivity contribution in [1.82, 2.24) is 10.6 Å². The average Bonchev–Trinajstić information content (AvgIpc) is 2.77. The number of nitrogens with one attached hydrogen (secondary N) is 2. The van der Waals surface area contributed by atoms with Gasteiger partial charge in [-0.15, -0.1) is 24.0 Å². The Hall–Kier alpha value is -0.0800. The summed E-state index contributed by atoms with van der Waals surface area (Å²) in [5, 5.41) is 6.51. The molecule has 1 heterocycles. The molecule has 0 amide bonds. The zero-order valence-corrected chi connectivity index (χ0v) is 13.2. The number of rotatable bonds is 5. The molecule has 1 rings (SSSR count). The van der Waals surface area contributed by atoms with Crippen LogP contribution in [0.25, 0.3) is 0 Å². The zero-order chi connectivity index (χ0) is 11.8. The fourth-order valence-corrected chi connectivity index (χ4v) is 1.74. The summed E-state index contributed by atoms with van der Waals surface area (Å²) in [6.07, 6.45) is 2.63. The molecule has 17 heavy (non-hydrogen) atoms. The van der Waals surface area contributed by atoms with Crippen LogP contribution in [-0.2, 0) is 9.47 Å². The van der Waals surface area contributed by atoms with Gasteiger partial charge in [0.1, 0.15) is 0 Å². The van der Waals surface area contributed by atoms with Gasteiger partial charge < -0.3 is 20.1 Å². The van der Waals surface area contributed by atoms with Crippen LogP contribution < -0.4 is 10.6 Å². The molecule has 0 aliphatic carbocycles. The standard InChI is InChI=1S/C11H23N3O2.HI/c1-9(8-15-3)14-11(12-2)13-7-10-5-4-6-16-10;/h9-10H,4-8H2,1-3H3,(H2,12,13,14);1H. The second-order valence-electron chi connectivity index (χ2n) is 4.09. The number of hydrogen-bond acceptors (Lipinski definition) is 3. The number of halogens is 1. The van der Waals surface area contributed by atoms with Gasteiger partial charge in [0.15, 0.2) is 5.96 Å². The molecule has 2 unspecified atom stereocenters. The van der Waals surface area contributed by atoms with Crippen LogP contribution in [-0.4, -0.2) is 52.0 Å². The minimum atomic E-state index is 0. The smallest absolute Gasteiger partial charge is 0.191 e. The van der Waals surface area contributed by atoms with E-state index in [0.29, 0.717) is 12.7 Å². The second kappa shape index (κ2) is 9.90. The van der Waals surface area contributed by atoms with Crippen LogP contribution in [0.2, 0.25) is 0 Å². The lowest BCUT2D eigenvalue weighted by Gasteiger charge is -2.18. The summed E-state index contributed by atoms with van der Waals surface area (Å²) in [5.41, 5.74) is 0. The van der Waals surface area contributed by atoms with Crippen molar-refractivity contribution < 1.29 is 9.47 Å². The molecule has 0 aromatic rings. The van der Waals surface area contributed by atoms with E-state index in [9.17, 15) is 0 Å². The maximum Gasteiger partial charge on any atom is 0.191 e. The summed E-state index contributed by atoms with van der Waals surface area (Å²) in [7, 11) is 3.46. The molecule has 1 aliphatic rings. The molecule has 0 spiro atoms. The summed E-state index contributed by atoms with van der Waals surface area (Å²) in [6.45, 7) is 4.43. The summed E-state index contributed by atoms with van der Waals surface area (Å²) < 4.78 is 10.6. The molecule has 0 aromatic carbocycles. The average molecular weight is 357 g/mol. The minimum Gasteiger partial charge on any atom is -0.383 e. The predicted octanol–water partition coefficient (Wildman–Crippen LogP) is 0.983.